The molecule has 8 heteroatoms. The fraction of sp³-hybridized carbons (Fsp3) is 0.750. The van der Waals surface area contributed by atoms with Crippen molar-refractivity contribution < 1.29 is 9.47 Å². The highest BCUT2D eigenvalue weighted by molar-refractivity contribution is 14.0. The van der Waals surface area contributed by atoms with Gasteiger partial charge in [-0.2, -0.15) is 5.10 Å². The molecule has 1 aliphatic rings. The molecule has 1 aliphatic heterocycles. The minimum absolute atomic E-state index is 0. The van der Waals surface area contributed by atoms with Gasteiger partial charge in [0.05, 0.1) is 32.9 Å². The van der Waals surface area contributed by atoms with E-state index in [0.29, 0.717) is 19.1 Å². The highest BCUT2D eigenvalue weighted by atomic mass is 127. The molecule has 1 saturated heterocycles. The predicted octanol–water partition coefficient (Wildman–Crippen LogP) is 1.45. The van der Waals surface area contributed by atoms with Crippen LogP contribution in [0, 0.1) is 5.92 Å². The lowest BCUT2D eigenvalue weighted by molar-refractivity contribution is 0.0536. The highest BCUT2D eigenvalue weighted by Gasteiger charge is 2.24. The van der Waals surface area contributed by atoms with Gasteiger partial charge in [0, 0.05) is 45.1 Å². The van der Waals surface area contributed by atoms with Gasteiger partial charge < -0.3 is 19.7 Å². The average molecular weight is 451 g/mol. The minimum atomic E-state index is 0. The fourth-order valence-corrected chi connectivity index (χ4v) is 2.67. The largest absolute Gasteiger partial charge is 0.382 e. The third-order valence-corrected chi connectivity index (χ3v) is 3.86. The normalized spacial score (nSPS) is 17.8. The Morgan fingerprint density at radius 1 is 1.42 bits per heavy atom. The molecule has 7 nitrogen and oxygen atoms in total. The van der Waals surface area contributed by atoms with Crippen LogP contribution >= 0.6 is 24.0 Å². The number of guanidine groups is 1. The Morgan fingerprint density at radius 3 is 3.00 bits per heavy atom. The van der Waals surface area contributed by atoms with Gasteiger partial charge in [-0.1, -0.05) is 0 Å². The molecule has 0 saturated carbocycles. The molecule has 1 fully saturated rings. The maximum atomic E-state index is 5.65. The number of nitrogens with zero attached hydrogens (tertiary/aromatic N) is 4. The Kier molecular flexibility index (Phi) is 11.0. The summed E-state index contributed by atoms with van der Waals surface area (Å²) >= 11 is 0. The SMILES string of the molecule is CCNC(=NCCn1cccn1)N1CCC(COCCOC)C1.I. The van der Waals surface area contributed by atoms with Gasteiger partial charge in [-0.15, -0.1) is 24.0 Å². The van der Waals surface area contributed by atoms with Crippen LogP contribution in [0.15, 0.2) is 23.5 Å². The van der Waals surface area contributed by atoms with Crippen molar-refractivity contribution in [1.82, 2.24) is 20.0 Å². The first-order valence-corrected chi connectivity index (χ1v) is 8.40. The molecule has 2 rings (SSSR count). The number of hydrogen-bond acceptors (Lipinski definition) is 4. The molecule has 1 atom stereocenters. The number of aliphatic imine (C=N–C) groups is 1. The summed E-state index contributed by atoms with van der Waals surface area (Å²) in [5.74, 6) is 1.57. The molecule has 0 amide bonds. The Hall–Kier alpha value is -0.870. The zero-order valence-electron chi connectivity index (χ0n) is 14.7. The number of aromatic nitrogens is 2. The third-order valence-electron chi connectivity index (χ3n) is 3.86. The Balaban J connectivity index is 0.00000288. The molecule has 0 aromatic carbocycles. The zero-order chi connectivity index (χ0) is 16.3. The molecular weight excluding hydrogens is 421 g/mol. The van der Waals surface area contributed by atoms with Crippen molar-refractivity contribution in [1.29, 1.82) is 0 Å². The molecule has 0 radical (unpaired) electrons. The topological polar surface area (TPSA) is 63.9 Å². The van der Waals surface area contributed by atoms with Crippen molar-refractivity contribution >= 4 is 29.9 Å². The van der Waals surface area contributed by atoms with E-state index in [0.717, 1.165) is 51.7 Å². The average Bonchev–Trinajstić information content (AvgIpc) is 3.22. The minimum Gasteiger partial charge on any atom is -0.382 e. The number of likely N-dealkylation sites (tertiary alicyclic amines) is 1. The number of hydrogen-bond donors (Lipinski definition) is 1. The summed E-state index contributed by atoms with van der Waals surface area (Å²) in [6, 6.07) is 1.93. The summed E-state index contributed by atoms with van der Waals surface area (Å²) in [4.78, 5) is 7.05. The van der Waals surface area contributed by atoms with Crippen LogP contribution in [0.2, 0.25) is 0 Å². The van der Waals surface area contributed by atoms with Gasteiger partial charge >= 0.3 is 0 Å². The predicted molar refractivity (Wildman–Crippen MR) is 106 cm³/mol. The molecule has 24 heavy (non-hydrogen) atoms. The highest BCUT2D eigenvalue weighted by Crippen LogP contribution is 2.16. The van der Waals surface area contributed by atoms with Crippen molar-refractivity contribution in [3.05, 3.63) is 18.5 Å². The summed E-state index contributed by atoms with van der Waals surface area (Å²) < 4.78 is 12.6. The molecule has 1 N–H and O–H groups in total. The summed E-state index contributed by atoms with van der Waals surface area (Å²) in [6.07, 6.45) is 4.91. The van der Waals surface area contributed by atoms with Crippen LogP contribution < -0.4 is 5.32 Å². The Morgan fingerprint density at radius 2 is 2.29 bits per heavy atom. The van der Waals surface area contributed by atoms with Crippen LogP contribution in [0.1, 0.15) is 13.3 Å². The zero-order valence-corrected chi connectivity index (χ0v) is 17.0. The van der Waals surface area contributed by atoms with Gasteiger partial charge in [0.1, 0.15) is 0 Å². The van der Waals surface area contributed by atoms with Gasteiger partial charge in [0.15, 0.2) is 5.96 Å². The molecule has 1 aromatic rings. The summed E-state index contributed by atoms with van der Waals surface area (Å²) in [5, 5.41) is 7.59. The molecule has 0 aliphatic carbocycles. The number of methoxy groups -OCH3 is 1. The molecule has 1 unspecified atom stereocenters. The number of nitrogens with one attached hydrogen (secondary N) is 1. The number of halogens is 1. The van der Waals surface area contributed by atoms with Crippen LogP contribution in [-0.4, -0.2) is 73.7 Å². The second-order valence-electron chi connectivity index (χ2n) is 5.67. The van der Waals surface area contributed by atoms with Gasteiger partial charge in [-0.3, -0.25) is 9.67 Å². The lowest BCUT2D eigenvalue weighted by Gasteiger charge is -2.21. The van der Waals surface area contributed by atoms with E-state index in [4.69, 9.17) is 14.5 Å². The van der Waals surface area contributed by atoms with Gasteiger partial charge in [0.25, 0.3) is 0 Å². The van der Waals surface area contributed by atoms with Crippen LogP contribution in [0.4, 0.5) is 0 Å². The van der Waals surface area contributed by atoms with Crippen LogP contribution in [0.5, 0.6) is 0 Å². The van der Waals surface area contributed by atoms with E-state index >= 15 is 0 Å². The van der Waals surface area contributed by atoms with Crippen LogP contribution in [0.3, 0.4) is 0 Å². The van der Waals surface area contributed by atoms with Gasteiger partial charge in [-0.25, -0.2) is 0 Å². The van der Waals surface area contributed by atoms with Gasteiger partial charge in [0.2, 0.25) is 0 Å². The maximum absolute atomic E-state index is 5.65. The lowest BCUT2D eigenvalue weighted by Crippen LogP contribution is -2.40. The summed E-state index contributed by atoms with van der Waals surface area (Å²) in [6.45, 7) is 8.68. The van der Waals surface area contributed by atoms with E-state index in [1.165, 1.54) is 0 Å². The van der Waals surface area contributed by atoms with Crippen LogP contribution in [0.25, 0.3) is 0 Å². The first-order valence-electron chi connectivity index (χ1n) is 8.40. The molecule has 0 bridgehead atoms. The first kappa shape index (κ1) is 21.2. The molecule has 2 heterocycles. The molecule has 138 valence electrons. The molecular formula is C16H30IN5O2. The second kappa shape index (κ2) is 12.5. The van der Waals surface area contributed by atoms with E-state index in [2.05, 4.69) is 22.2 Å². The van der Waals surface area contributed by atoms with Crippen molar-refractivity contribution in [3.63, 3.8) is 0 Å². The smallest absolute Gasteiger partial charge is 0.193 e. The monoisotopic (exact) mass is 451 g/mol. The van der Waals surface area contributed by atoms with E-state index < -0.39 is 0 Å². The fourth-order valence-electron chi connectivity index (χ4n) is 2.67. The van der Waals surface area contributed by atoms with E-state index in [9.17, 15) is 0 Å². The van der Waals surface area contributed by atoms with E-state index in [-0.39, 0.29) is 24.0 Å². The van der Waals surface area contributed by atoms with Gasteiger partial charge in [-0.05, 0) is 19.4 Å². The second-order valence-corrected chi connectivity index (χ2v) is 5.67. The van der Waals surface area contributed by atoms with Crippen molar-refractivity contribution in [2.24, 2.45) is 10.9 Å². The number of rotatable bonds is 9. The molecule has 1 aromatic heterocycles. The van der Waals surface area contributed by atoms with Crippen molar-refractivity contribution in [3.8, 4) is 0 Å². The van der Waals surface area contributed by atoms with Crippen molar-refractivity contribution in [2.75, 3.05) is 53.1 Å². The van der Waals surface area contributed by atoms with E-state index in [1.54, 1.807) is 13.3 Å². The van der Waals surface area contributed by atoms with E-state index in [1.807, 2.05) is 16.9 Å². The quantitative estimate of drug-likeness (QED) is 0.267. The van der Waals surface area contributed by atoms with Crippen LogP contribution in [-0.2, 0) is 16.0 Å². The molecule has 0 spiro atoms. The Labute approximate surface area is 161 Å². The third kappa shape index (κ3) is 7.35. The Bertz CT molecular complexity index is 455. The summed E-state index contributed by atoms with van der Waals surface area (Å²) in [7, 11) is 1.70. The maximum Gasteiger partial charge on any atom is 0.193 e. The first-order chi connectivity index (χ1) is 11.3. The summed E-state index contributed by atoms with van der Waals surface area (Å²) in [5.41, 5.74) is 0. The standard InChI is InChI=1S/C16H29N5O2.HI/c1-3-17-16(18-7-10-21-8-4-6-19-21)20-9-5-15(13-20)14-23-12-11-22-2;/h4,6,8,15H,3,5,7,9-14H2,1-2H3,(H,17,18);1H. The lowest BCUT2D eigenvalue weighted by atomic mass is 10.1. The van der Waals surface area contributed by atoms with Crippen molar-refractivity contribution in [2.45, 2.75) is 19.9 Å². The number of ether oxygens (including phenoxy) is 2.